The van der Waals surface area contributed by atoms with Crippen LogP contribution in [-0.2, 0) is 0 Å². The number of halogens is 1. The van der Waals surface area contributed by atoms with Crippen LogP contribution in [0.2, 0.25) is 0 Å². The number of nitrogens with zero attached hydrogens (tertiary/aromatic N) is 1. The van der Waals surface area contributed by atoms with Gasteiger partial charge >= 0.3 is 0 Å². The molecule has 0 bridgehead atoms. The van der Waals surface area contributed by atoms with Crippen LogP contribution in [-0.4, -0.2) is 23.4 Å². The number of hydrogen-bond acceptors (Lipinski definition) is 3. The molecule has 1 aliphatic rings. The van der Waals surface area contributed by atoms with E-state index < -0.39 is 0 Å². The average molecular weight is 403 g/mol. The molecule has 6 heteroatoms. The van der Waals surface area contributed by atoms with Gasteiger partial charge in [-0.3, -0.25) is 0 Å². The zero-order valence-electron chi connectivity index (χ0n) is 15.6. The molecule has 0 amide bonds. The first-order valence-electron chi connectivity index (χ1n) is 9.47. The summed E-state index contributed by atoms with van der Waals surface area (Å²) in [5.41, 5.74) is 9.69. The molecular formula is C21H27ClN4S. The van der Waals surface area contributed by atoms with E-state index in [1.165, 1.54) is 42.1 Å². The number of aromatic nitrogens is 1. The van der Waals surface area contributed by atoms with E-state index in [1.54, 1.807) is 11.3 Å². The van der Waals surface area contributed by atoms with Crippen molar-refractivity contribution in [1.82, 2.24) is 10.3 Å². The lowest BCUT2D eigenvalue weighted by Crippen LogP contribution is -2.33. The van der Waals surface area contributed by atoms with E-state index in [9.17, 15) is 0 Å². The standard InChI is InChI=1S/C21H26N4S.ClH/c1-2-23-15-6-3-5-14(11-15)18-13-24-19-9-8-16(12-17(18)19)25-21(22)20-7-4-10-26-20;/h4,7-10,12-15,23-24H,2-3,5-6,11H2,1H3,(H2,22,25);1H/t14-,15+;/m0./s1. The minimum absolute atomic E-state index is 0. The van der Waals surface area contributed by atoms with E-state index in [0.29, 0.717) is 17.8 Å². The van der Waals surface area contributed by atoms with Gasteiger partial charge in [-0.15, -0.1) is 23.7 Å². The van der Waals surface area contributed by atoms with E-state index in [1.807, 2.05) is 23.6 Å². The molecule has 0 spiro atoms. The van der Waals surface area contributed by atoms with E-state index in [2.05, 4.69) is 40.5 Å². The molecule has 3 aromatic rings. The lowest BCUT2D eigenvalue weighted by molar-refractivity contribution is 0.345. The zero-order valence-corrected chi connectivity index (χ0v) is 17.2. The van der Waals surface area contributed by atoms with E-state index in [4.69, 9.17) is 5.73 Å². The Morgan fingerprint density at radius 1 is 1.33 bits per heavy atom. The Labute approximate surface area is 170 Å². The van der Waals surface area contributed by atoms with Crippen LogP contribution in [0.4, 0.5) is 5.69 Å². The molecule has 0 unspecified atom stereocenters. The summed E-state index contributed by atoms with van der Waals surface area (Å²) in [5.74, 6) is 1.19. The van der Waals surface area contributed by atoms with Gasteiger partial charge < -0.3 is 16.0 Å². The number of aromatic amines is 1. The number of H-pyrrole nitrogens is 1. The van der Waals surface area contributed by atoms with Gasteiger partial charge in [-0.2, -0.15) is 0 Å². The third-order valence-corrected chi connectivity index (χ3v) is 6.22. The quantitative estimate of drug-likeness (QED) is 0.399. The first kappa shape index (κ1) is 19.9. The molecule has 1 saturated carbocycles. The summed E-state index contributed by atoms with van der Waals surface area (Å²) in [6.45, 7) is 3.24. The summed E-state index contributed by atoms with van der Waals surface area (Å²) in [4.78, 5) is 9.10. The van der Waals surface area contributed by atoms with Crippen molar-refractivity contribution in [2.24, 2.45) is 10.7 Å². The number of hydrogen-bond donors (Lipinski definition) is 3. The van der Waals surface area contributed by atoms with E-state index in [0.717, 1.165) is 17.1 Å². The number of rotatable bonds is 5. The molecule has 2 heterocycles. The minimum Gasteiger partial charge on any atom is -0.383 e. The molecule has 144 valence electrons. The van der Waals surface area contributed by atoms with E-state index in [-0.39, 0.29) is 12.4 Å². The number of nitrogens with one attached hydrogen (secondary N) is 2. The second kappa shape index (κ2) is 8.91. The number of thiophene rings is 1. The Morgan fingerprint density at radius 2 is 2.22 bits per heavy atom. The van der Waals surface area contributed by atoms with Gasteiger partial charge in [0.05, 0.1) is 10.6 Å². The van der Waals surface area contributed by atoms with Crippen molar-refractivity contribution in [1.29, 1.82) is 0 Å². The zero-order chi connectivity index (χ0) is 17.9. The maximum Gasteiger partial charge on any atom is 0.141 e. The summed E-state index contributed by atoms with van der Waals surface area (Å²) in [5, 5.41) is 6.94. The van der Waals surface area contributed by atoms with Crippen molar-refractivity contribution in [2.75, 3.05) is 6.54 Å². The molecule has 2 aromatic heterocycles. The Morgan fingerprint density at radius 3 is 3.00 bits per heavy atom. The van der Waals surface area contributed by atoms with Crippen LogP contribution in [0.25, 0.3) is 10.9 Å². The predicted molar refractivity (Wildman–Crippen MR) is 119 cm³/mol. The summed E-state index contributed by atoms with van der Waals surface area (Å²) >= 11 is 1.62. The molecule has 0 radical (unpaired) electrons. The lowest BCUT2D eigenvalue weighted by atomic mass is 9.81. The SMILES string of the molecule is CCN[C@@H]1CCC[C@H](c2c[nH]c3ccc(N=C(N)c4cccs4)cc23)C1.Cl. The molecule has 0 aliphatic heterocycles. The fraction of sp³-hybridized carbons (Fsp3) is 0.381. The first-order valence-corrected chi connectivity index (χ1v) is 10.3. The molecule has 4 N–H and O–H groups in total. The van der Waals surface area contributed by atoms with Crippen molar-refractivity contribution in [3.63, 3.8) is 0 Å². The van der Waals surface area contributed by atoms with Crippen LogP contribution in [0.3, 0.4) is 0 Å². The van der Waals surface area contributed by atoms with E-state index >= 15 is 0 Å². The lowest BCUT2D eigenvalue weighted by Gasteiger charge is -2.29. The summed E-state index contributed by atoms with van der Waals surface area (Å²) in [7, 11) is 0. The highest BCUT2D eigenvalue weighted by molar-refractivity contribution is 7.12. The fourth-order valence-corrected chi connectivity index (χ4v) is 4.73. The molecule has 4 nitrogen and oxygen atoms in total. The predicted octanol–water partition coefficient (Wildman–Crippen LogP) is 5.32. The molecular weight excluding hydrogens is 376 g/mol. The van der Waals surface area contributed by atoms with Gasteiger partial charge in [0.15, 0.2) is 0 Å². The molecule has 4 rings (SSSR count). The van der Waals surface area contributed by atoms with Gasteiger partial charge in [0, 0.05) is 23.1 Å². The topological polar surface area (TPSA) is 66.2 Å². The summed E-state index contributed by atoms with van der Waals surface area (Å²) in [6, 6.07) is 11.0. The minimum atomic E-state index is 0. The number of aliphatic imine (C=N–C) groups is 1. The van der Waals surface area contributed by atoms with Crippen molar-refractivity contribution in [3.05, 3.63) is 52.3 Å². The summed E-state index contributed by atoms with van der Waals surface area (Å²) in [6.07, 6.45) is 7.25. The summed E-state index contributed by atoms with van der Waals surface area (Å²) < 4.78 is 0. The number of benzene rings is 1. The Hall–Kier alpha value is -1.82. The molecule has 1 aliphatic carbocycles. The maximum absolute atomic E-state index is 6.17. The van der Waals surface area contributed by atoms with Gasteiger partial charge in [-0.1, -0.05) is 19.4 Å². The van der Waals surface area contributed by atoms with Crippen molar-refractivity contribution in [3.8, 4) is 0 Å². The molecule has 0 saturated heterocycles. The van der Waals surface area contributed by atoms with Crippen LogP contribution < -0.4 is 11.1 Å². The van der Waals surface area contributed by atoms with Crippen LogP contribution in [0.15, 0.2) is 46.9 Å². The maximum atomic E-state index is 6.17. The number of fused-ring (bicyclic) bond motifs is 1. The van der Waals surface area contributed by atoms with Crippen LogP contribution in [0.5, 0.6) is 0 Å². The average Bonchev–Trinajstić information content (AvgIpc) is 3.32. The Bertz CT molecular complexity index is 898. The van der Waals surface area contributed by atoms with Crippen LogP contribution in [0.1, 0.15) is 49.0 Å². The Balaban J connectivity index is 0.00000210. The van der Waals surface area contributed by atoms with Gasteiger partial charge in [-0.05, 0) is 66.9 Å². The molecule has 27 heavy (non-hydrogen) atoms. The monoisotopic (exact) mass is 402 g/mol. The Kier molecular flexibility index (Phi) is 6.58. The number of amidine groups is 1. The third-order valence-electron chi connectivity index (χ3n) is 5.33. The van der Waals surface area contributed by atoms with Crippen molar-refractivity contribution in [2.45, 2.75) is 44.6 Å². The fourth-order valence-electron chi connectivity index (χ4n) is 4.10. The van der Waals surface area contributed by atoms with Crippen molar-refractivity contribution >= 4 is 46.2 Å². The number of nitrogens with two attached hydrogens (primary N) is 1. The third kappa shape index (κ3) is 4.37. The highest BCUT2D eigenvalue weighted by Crippen LogP contribution is 2.37. The normalized spacial score (nSPS) is 20.6. The smallest absolute Gasteiger partial charge is 0.141 e. The second-order valence-electron chi connectivity index (χ2n) is 7.07. The van der Waals surface area contributed by atoms with Gasteiger partial charge in [0.1, 0.15) is 5.84 Å². The molecule has 1 fully saturated rings. The second-order valence-corrected chi connectivity index (χ2v) is 8.01. The van der Waals surface area contributed by atoms with Gasteiger partial charge in [-0.25, -0.2) is 4.99 Å². The van der Waals surface area contributed by atoms with Crippen LogP contribution >= 0.6 is 23.7 Å². The largest absolute Gasteiger partial charge is 0.383 e. The van der Waals surface area contributed by atoms with Crippen LogP contribution in [0, 0.1) is 0 Å². The van der Waals surface area contributed by atoms with Gasteiger partial charge in [0.25, 0.3) is 0 Å². The molecule has 1 aromatic carbocycles. The highest BCUT2D eigenvalue weighted by Gasteiger charge is 2.24. The highest BCUT2D eigenvalue weighted by atomic mass is 35.5. The van der Waals surface area contributed by atoms with Gasteiger partial charge in [0.2, 0.25) is 0 Å². The molecule has 2 atom stereocenters. The first-order chi connectivity index (χ1) is 12.7. The van der Waals surface area contributed by atoms with Crippen molar-refractivity contribution < 1.29 is 0 Å².